The van der Waals surface area contributed by atoms with Crippen LogP contribution in [0.5, 0.6) is 0 Å². The highest BCUT2D eigenvalue weighted by atomic mass is 35.5. The van der Waals surface area contributed by atoms with Crippen molar-refractivity contribution in [3.05, 3.63) is 62.0 Å². The van der Waals surface area contributed by atoms with Crippen molar-refractivity contribution in [3.63, 3.8) is 0 Å². The van der Waals surface area contributed by atoms with Gasteiger partial charge in [0.15, 0.2) is 11.2 Å². The second-order valence-corrected chi connectivity index (χ2v) is 7.96. The normalized spacial score (nSPS) is 17.8. The molecule has 0 spiro atoms. The molecule has 1 aromatic carbocycles. The van der Waals surface area contributed by atoms with Gasteiger partial charge < -0.3 is 4.57 Å². The van der Waals surface area contributed by atoms with Gasteiger partial charge in [-0.3, -0.25) is 13.9 Å². The molecule has 2 saturated carbocycles. The molecule has 6 nitrogen and oxygen atoms in total. The Morgan fingerprint density at radius 1 is 0.963 bits per heavy atom. The van der Waals surface area contributed by atoms with Crippen molar-refractivity contribution < 1.29 is 0 Å². The Hall–Kier alpha value is -2.34. The Labute approximate surface area is 161 Å². The number of benzene rings is 1. The van der Waals surface area contributed by atoms with Crippen LogP contribution in [0.1, 0.15) is 56.2 Å². The molecule has 2 aliphatic carbocycles. The van der Waals surface area contributed by atoms with E-state index in [4.69, 9.17) is 11.6 Å². The summed E-state index contributed by atoms with van der Waals surface area (Å²) < 4.78 is 4.94. The topological polar surface area (TPSA) is 61.8 Å². The first-order valence-electron chi connectivity index (χ1n) is 9.62. The standard InChI is InChI=1S/C20H21ClN4O2/c21-19-22-17-16(23(19)12-13-6-2-1-3-7-13)18(26)25(15-10-5-11-15)20(27)24(17)14-8-4-9-14/h1-3,6-7,14-15H,4-5,8-12H2. The van der Waals surface area contributed by atoms with Gasteiger partial charge in [-0.2, -0.15) is 4.98 Å². The van der Waals surface area contributed by atoms with Gasteiger partial charge >= 0.3 is 5.69 Å². The molecule has 2 aromatic heterocycles. The molecule has 5 rings (SSSR count). The Morgan fingerprint density at radius 2 is 1.59 bits per heavy atom. The minimum Gasteiger partial charge on any atom is -0.304 e. The van der Waals surface area contributed by atoms with Gasteiger partial charge in [0.25, 0.3) is 5.56 Å². The first kappa shape index (κ1) is 16.8. The highest BCUT2D eigenvalue weighted by Crippen LogP contribution is 2.34. The van der Waals surface area contributed by atoms with Gasteiger partial charge in [-0.05, 0) is 55.7 Å². The number of hydrogen-bond donors (Lipinski definition) is 0. The molecule has 7 heteroatoms. The van der Waals surface area contributed by atoms with Gasteiger partial charge in [0.2, 0.25) is 5.28 Å². The summed E-state index contributed by atoms with van der Waals surface area (Å²) in [5.41, 5.74) is 1.44. The Morgan fingerprint density at radius 3 is 2.19 bits per heavy atom. The van der Waals surface area contributed by atoms with E-state index in [2.05, 4.69) is 4.98 Å². The van der Waals surface area contributed by atoms with Crippen LogP contribution in [0, 0.1) is 0 Å². The number of imidazole rings is 1. The third kappa shape index (κ3) is 2.57. The quantitative estimate of drug-likeness (QED) is 0.646. The SMILES string of the molecule is O=c1c2c(nc(Cl)n2Cc2ccccc2)n(C2CCC2)c(=O)n1C1CCC1. The highest BCUT2D eigenvalue weighted by molar-refractivity contribution is 6.29. The lowest BCUT2D eigenvalue weighted by atomic mass is 9.92. The third-order valence-electron chi connectivity index (χ3n) is 6.03. The zero-order chi connectivity index (χ0) is 18.5. The van der Waals surface area contributed by atoms with Crippen molar-refractivity contribution in [2.75, 3.05) is 0 Å². The molecule has 0 aliphatic heterocycles. The summed E-state index contributed by atoms with van der Waals surface area (Å²) >= 11 is 6.45. The number of halogens is 1. The van der Waals surface area contributed by atoms with Crippen LogP contribution in [-0.2, 0) is 6.54 Å². The van der Waals surface area contributed by atoms with Crippen LogP contribution in [0.15, 0.2) is 39.9 Å². The maximum Gasteiger partial charge on any atom is 0.333 e. The summed E-state index contributed by atoms with van der Waals surface area (Å²) in [4.78, 5) is 31.0. The van der Waals surface area contributed by atoms with E-state index in [-0.39, 0.29) is 28.6 Å². The van der Waals surface area contributed by atoms with Gasteiger partial charge in [-0.1, -0.05) is 30.3 Å². The van der Waals surface area contributed by atoms with E-state index in [0.717, 1.165) is 44.1 Å². The number of rotatable bonds is 4. The van der Waals surface area contributed by atoms with Gasteiger partial charge in [-0.25, -0.2) is 4.79 Å². The lowest BCUT2D eigenvalue weighted by Gasteiger charge is -2.31. The van der Waals surface area contributed by atoms with E-state index < -0.39 is 0 Å². The highest BCUT2D eigenvalue weighted by Gasteiger charge is 2.32. The number of hydrogen-bond acceptors (Lipinski definition) is 3. The van der Waals surface area contributed by atoms with Gasteiger partial charge in [0.05, 0.1) is 6.54 Å². The van der Waals surface area contributed by atoms with Gasteiger partial charge in [0, 0.05) is 12.1 Å². The Kier molecular flexibility index (Phi) is 3.97. The fraction of sp³-hybridized carbons (Fsp3) is 0.450. The van der Waals surface area contributed by atoms with E-state index in [1.165, 1.54) is 4.57 Å². The van der Waals surface area contributed by atoms with Crippen molar-refractivity contribution in [3.8, 4) is 0 Å². The zero-order valence-electron chi connectivity index (χ0n) is 15.0. The number of nitrogens with zero attached hydrogens (tertiary/aromatic N) is 4. The molecule has 0 amide bonds. The predicted molar refractivity (Wildman–Crippen MR) is 105 cm³/mol. The summed E-state index contributed by atoms with van der Waals surface area (Å²) in [6.07, 6.45) is 5.81. The van der Waals surface area contributed by atoms with Crippen molar-refractivity contribution in [1.82, 2.24) is 18.7 Å². The molecular formula is C20H21ClN4O2. The number of fused-ring (bicyclic) bond motifs is 1. The summed E-state index contributed by atoms with van der Waals surface area (Å²) in [6, 6.07) is 9.97. The molecule has 0 saturated heterocycles. The third-order valence-corrected chi connectivity index (χ3v) is 6.32. The van der Waals surface area contributed by atoms with Crippen LogP contribution >= 0.6 is 11.6 Å². The fourth-order valence-corrected chi connectivity index (χ4v) is 4.28. The van der Waals surface area contributed by atoms with E-state index in [1.54, 1.807) is 9.13 Å². The molecule has 0 unspecified atom stereocenters. The van der Waals surface area contributed by atoms with E-state index >= 15 is 0 Å². The summed E-state index contributed by atoms with van der Waals surface area (Å²) in [7, 11) is 0. The van der Waals surface area contributed by atoms with Crippen LogP contribution in [0.4, 0.5) is 0 Å². The molecule has 2 aliphatic rings. The summed E-state index contributed by atoms with van der Waals surface area (Å²) in [5.74, 6) is 0. The average molecular weight is 385 g/mol. The van der Waals surface area contributed by atoms with Crippen LogP contribution in [0.3, 0.4) is 0 Å². The van der Waals surface area contributed by atoms with Crippen molar-refractivity contribution >= 4 is 22.8 Å². The van der Waals surface area contributed by atoms with Crippen molar-refractivity contribution in [1.29, 1.82) is 0 Å². The monoisotopic (exact) mass is 384 g/mol. The van der Waals surface area contributed by atoms with Crippen LogP contribution < -0.4 is 11.2 Å². The van der Waals surface area contributed by atoms with Crippen LogP contribution in [-0.4, -0.2) is 18.7 Å². The second kappa shape index (κ2) is 6.37. The van der Waals surface area contributed by atoms with Gasteiger partial charge in [-0.15, -0.1) is 0 Å². The van der Waals surface area contributed by atoms with Crippen molar-refractivity contribution in [2.45, 2.75) is 57.2 Å². The molecule has 0 N–H and O–H groups in total. The molecule has 0 bridgehead atoms. The summed E-state index contributed by atoms with van der Waals surface area (Å²) in [6.45, 7) is 0.457. The maximum atomic E-state index is 13.3. The molecule has 2 heterocycles. The molecule has 27 heavy (non-hydrogen) atoms. The molecule has 0 radical (unpaired) electrons. The predicted octanol–water partition coefficient (Wildman–Crippen LogP) is 3.51. The maximum absolute atomic E-state index is 13.3. The second-order valence-electron chi connectivity index (χ2n) is 7.62. The van der Waals surface area contributed by atoms with E-state index in [1.807, 2.05) is 30.3 Å². The molecule has 2 fully saturated rings. The first-order valence-corrected chi connectivity index (χ1v) is 9.99. The average Bonchev–Trinajstić information content (AvgIpc) is 2.89. The lowest BCUT2D eigenvalue weighted by molar-refractivity contribution is 0.265. The lowest BCUT2D eigenvalue weighted by Crippen LogP contribution is -2.46. The van der Waals surface area contributed by atoms with E-state index in [0.29, 0.717) is 17.7 Å². The first-order chi connectivity index (χ1) is 13.1. The molecule has 140 valence electrons. The number of aromatic nitrogens is 4. The summed E-state index contributed by atoms with van der Waals surface area (Å²) in [5, 5.41) is 0.254. The largest absolute Gasteiger partial charge is 0.333 e. The van der Waals surface area contributed by atoms with Gasteiger partial charge in [0.1, 0.15) is 0 Å². The minimum atomic E-state index is -0.259. The van der Waals surface area contributed by atoms with Crippen molar-refractivity contribution in [2.24, 2.45) is 0 Å². The Balaban J connectivity index is 1.78. The molecule has 3 aromatic rings. The van der Waals surface area contributed by atoms with Crippen LogP contribution in [0.2, 0.25) is 5.28 Å². The Bertz CT molecular complexity index is 1120. The fourth-order valence-electron chi connectivity index (χ4n) is 4.05. The van der Waals surface area contributed by atoms with Crippen LogP contribution in [0.25, 0.3) is 11.2 Å². The van der Waals surface area contributed by atoms with E-state index in [9.17, 15) is 9.59 Å². The minimum absolute atomic E-state index is 0.000391. The molecule has 0 atom stereocenters. The smallest absolute Gasteiger partial charge is 0.304 e. The zero-order valence-corrected chi connectivity index (χ0v) is 15.7. The molecular weight excluding hydrogens is 364 g/mol.